The van der Waals surface area contributed by atoms with Gasteiger partial charge in [0, 0.05) is 35.4 Å². The Bertz CT molecular complexity index is 1640. The predicted octanol–water partition coefficient (Wildman–Crippen LogP) is 7.01. The van der Waals surface area contributed by atoms with E-state index in [0.717, 1.165) is 69.6 Å². The number of pyridine rings is 1. The van der Waals surface area contributed by atoms with Crippen LogP contribution in [0.3, 0.4) is 0 Å². The van der Waals surface area contributed by atoms with Crippen LogP contribution in [-0.2, 0) is 11.3 Å². The Labute approximate surface area is 234 Å². The molecule has 10 heteroatoms. The van der Waals surface area contributed by atoms with Crippen LogP contribution in [0.4, 0.5) is 21.7 Å². The standard InChI is InChI=1S/C29H25ClFN5O2S/c1-18-11-20(15-32-28(18)36-7-9-37-10-8-36)26-14-23-27(33-17-34-29(23)39-26)35-22-5-6-25(24(30)13-22)38-16-19-3-2-4-21(31)12-19/h2-6,11-15,17H,7-10,16H2,1H3,(H,33,34,35). The topological polar surface area (TPSA) is 72.4 Å². The van der Waals surface area contributed by atoms with Crippen LogP contribution in [0.15, 0.2) is 67.1 Å². The van der Waals surface area contributed by atoms with Crippen LogP contribution in [-0.4, -0.2) is 41.3 Å². The van der Waals surface area contributed by atoms with Crippen molar-refractivity contribution in [2.75, 3.05) is 36.5 Å². The molecule has 0 amide bonds. The summed E-state index contributed by atoms with van der Waals surface area (Å²) in [5, 5.41) is 4.71. The number of hydrogen-bond acceptors (Lipinski definition) is 8. The summed E-state index contributed by atoms with van der Waals surface area (Å²) in [6.07, 6.45) is 3.47. The summed E-state index contributed by atoms with van der Waals surface area (Å²) < 4.78 is 24.7. The largest absolute Gasteiger partial charge is 0.487 e. The van der Waals surface area contributed by atoms with Gasteiger partial charge in [-0.3, -0.25) is 0 Å². The van der Waals surface area contributed by atoms with Crippen LogP contribution in [0.5, 0.6) is 5.75 Å². The number of thiophene rings is 1. The molecule has 198 valence electrons. The van der Waals surface area contributed by atoms with Crippen LogP contribution in [0, 0.1) is 12.7 Å². The van der Waals surface area contributed by atoms with Crippen LogP contribution >= 0.6 is 22.9 Å². The van der Waals surface area contributed by atoms with Gasteiger partial charge in [-0.05, 0) is 60.5 Å². The number of fused-ring (bicyclic) bond motifs is 1. The zero-order valence-electron chi connectivity index (χ0n) is 21.2. The second-order valence-electron chi connectivity index (χ2n) is 9.20. The number of nitrogens with zero attached hydrogens (tertiary/aromatic N) is 4. The number of rotatable bonds is 7. The van der Waals surface area contributed by atoms with E-state index in [0.29, 0.717) is 16.6 Å². The van der Waals surface area contributed by atoms with E-state index in [1.807, 2.05) is 12.3 Å². The minimum atomic E-state index is -0.300. The van der Waals surface area contributed by atoms with Crippen molar-refractivity contribution >= 4 is 50.5 Å². The Morgan fingerprint density at radius 3 is 2.74 bits per heavy atom. The van der Waals surface area contributed by atoms with Gasteiger partial charge >= 0.3 is 0 Å². The SMILES string of the molecule is Cc1cc(-c2cc3c(Nc4ccc(OCc5cccc(F)c5)c(Cl)c4)ncnc3s2)cnc1N1CCOCC1. The van der Waals surface area contributed by atoms with Crippen LogP contribution < -0.4 is 15.0 Å². The van der Waals surface area contributed by atoms with Crippen LogP contribution in [0.1, 0.15) is 11.1 Å². The molecule has 0 spiro atoms. The highest BCUT2D eigenvalue weighted by molar-refractivity contribution is 7.21. The first-order valence-corrected chi connectivity index (χ1v) is 13.7. The van der Waals surface area contributed by atoms with E-state index >= 15 is 0 Å². The highest BCUT2D eigenvalue weighted by Gasteiger charge is 2.17. The van der Waals surface area contributed by atoms with E-state index in [-0.39, 0.29) is 12.4 Å². The first-order valence-electron chi connectivity index (χ1n) is 12.5. The fourth-order valence-electron chi connectivity index (χ4n) is 4.53. The summed E-state index contributed by atoms with van der Waals surface area (Å²) in [5.41, 5.74) is 3.66. The maximum atomic E-state index is 13.4. The average Bonchev–Trinajstić information content (AvgIpc) is 3.39. The molecule has 0 atom stereocenters. The molecular formula is C29H25ClFN5O2S. The van der Waals surface area contributed by atoms with Crippen molar-refractivity contribution in [3.8, 4) is 16.2 Å². The molecule has 7 nitrogen and oxygen atoms in total. The molecule has 1 aliphatic heterocycles. The Morgan fingerprint density at radius 1 is 1.08 bits per heavy atom. The van der Waals surface area contributed by atoms with Gasteiger partial charge in [0.2, 0.25) is 0 Å². The van der Waals surface area contributed by atoms with E-state index in [1.54, 1.807) is 41.9 Å². The number of aromatic nitrogens is 3. The van der Waals surface area contributed by atoms with Crippen molar-refractivity contribution in [2.45, 2.75) is 13.5 Å². The lowest BCUT2D eigenvalue weighted by Gasteiger charge is -2.29. The number of hydrogen-bond donors (Lipinski definition) is 1. The van der Waals surface area contributed by atoms with Gasteiger partial charge in [0.05, 0.1) is 23.6 Å². The summed E-state index contributed by atoms with van der Waals surface area (Å²) in [6.45, 7) is 5.47. The number of nitrogens with one attached hydrogen (secondary N) is 1. The zero-order chi connectivity index (χ0) is 26.8. The molecule has 1 N–H and O–H groups in total. The van der Waals surface area contributed by atoms with Crippen molar-refractivity contribution in [3.05, 3.63) is 89.1 Å². The van der Waals surface area contributed by atoms with Crippen molar-refractivity contribution in [2.24, 2.45) is 0 Å². The molecule has 4 heterocycles. The summed E-state index contributed by atoms with van der Waals surface area (Å²) in [4.78, 5) is 17.9. The molecular weight excluding hydrogens is 537 g/mol. The van der Waals surface area contributed by atoms with Crippen molar-refractivity contribution < 1.29 is 13.9 Å². The first kappa shape index (κ1) is 25.5. The fraction of sp³-hybridized carbons (Fsp3) is 0.207. The van der Waals surface area contributed by atoms with Crippen molar-refractivity contribution in [3.63, 3.8) is 0 Å². The Morgan fingerprint density at radius 2 is 1.95 bits per heavy atom. The summed E-state index contributed by atoms with van der Waals surface area (Å²) in [7, 11) is 0. The molecule has 6 rings (SSSR count). The molecule has 0 unspecified atom stereocenters. The monoisotopic (exact) mass is 561 g/mol. The first-order chi connectivity index (χ1) is 19.0. The lowest BCUT2D eigenvalue weighted by Crippen LogP contribution is -2.37. The Kier molecular flexibility index (Phi) is 7.28. The van der Waals surface area contributed by atoms with Gasteiger partial charge in [-0.25, -0.2) is 19.3 Å². The van der Waals surface area contributed by atoms with Crippen molar-refractivity contribution in [1.82, 2.24) is 15.0 Å². The predicted molar refractivity (Wildman–Crippen MR) is 154 cm³/mol. The molecule has 0 radical (unpaired) electrons. The van der Waals surface area contributed by atoms with Crippen LogP contribution in [0.2, 0.25) is 5.02 Å². The summed E-state index contributed by atoms with van der Waals surface area (Å²) in [5.74, 6) is 1.90. The lowest BCUT2D eigenvalue weighted by molar-refractivity contribution is 0.122. The van der Waals surface area contributed by atoms with Gasteiger partial charge in [-0.1, -0.05) is 23.7 Å². The number of benzene rings is 2. The van der Waals surface area contributed by atoms with E-state index in [1.165, 1.54) is 12.1 Å². The van der Waals surface area contributed by atoms with Gasteiger partial charge < -0.3 is 19.7 Å². The number of morpholine rings is 1. The number of halogens is 2. The Hall–Kier alpha value is -3.79. The molecule has 3 aromatic heterocycles. The quantitative estimate of drug-likeness (QED) is 0.229. The third-order valence-electron chi connectivity index (χ3n) is 6.45. The second kappa shape index (κ2) is 11.1. The van der Waals surface area contributed by atoms with E-state index in [2.05, 4.69) is 39.2 Å². The van der Waals surface area contributed by atoms with Gasteiger partial charge in [-0.15, -0.1) is 11.3 Å². The minimum absolute atomic E-state index is 0.218. The second-order valence-corrected chi connectivity index (χ2v) is 10.6. The smallest absolute Gasteiger partial charge is 0.142 e. The summed E-state index contributed by atoms with van der Waals surface area (Å²) >= 11 is 8.09. The van der Waals surface area contributed by atoms with E-state index < -0.39 is 0 Å². The highest BCUT2D eigenvalue weighted by atomic mass is 35.5. The van der Waals surface area contributed by atoms with Crippen molar-refractivity contribution in [1.29, 1.82) is 0 Å². The average molecular weight is 562 g/mol. The molecule has 0 saturated carbocycles. The van der Waals surface area contributed by atoms with Gasteiger partial charge in [0.15, 0.2) is 0 Å². The summed E-state index contributed by atoms with van der Waals surface area (Å²) in [6, 6.07) is 16.0. The third kappa shape index (κ3) is 5.66. The third-order valence-corrected chi connectivity index (χ3v) is 7.84. The maximum absolute atomic E-state index is 13.4. The zero-order valence-corrected chi connectivity index (χ0v) is 22.7. The lowest BCUT2D eigenvalue weighted by atomic mass is 10.1. The Balaban J connectivity index is 1.20. The molecule has 0 bridgehead atoms. The van der Waals surface area contributed by atoms with Crippen LogP contribution in [0.25, 0.3) is 20.7 Å². The molecule has 1 fully saturated rings. The highest BCUT2D eigenvalue weighted by Crippen LogP contribution is 2.37. The minimum Gasteiger partial charge on any atom is -0.487 e. The molecule has 1 aliphatic rings. The molecule has 39 heavy (non-hydrogen) atoms. The number of ether oxygens (including phenoxy) is 2. The maximum Gasteiger partial charge on any atom is 0.142 e. The van der Waals surface area contributed by atoms with Gasteiger partial charge in [-0.2, -0.15) is 0 Å². The molecule has 0 aliphatic carbocycles. The number of aryl methyl sites for hydroxylation is 1. The van der Waals surface area contributed by atoms with Gasteiger partial charge in [0.1, 0.15) is 41.0 Å². The van der Waals surface area contributed by atoms with Gasteiger partial charge in [0.25, 0.3) is 0 Å². The normalized spacial score (nSPS) is 13.6. The molecule has 5 aromatic rings. The number of anilines is 3. The fourth-order valence-corrected chi connectivity index (χ4v) is 5.74. The van der Waals surface area contributed by atoms with E-state index in [9.17, 15) is 4.39 Å². The molecule has 2 aromatic carbocycles. The molecule has 1 saturated heterocycles. The van der Waals surface area contributed by atoms with E-state index in [4.69, 9.17) is 26.1 Å².